The van der Waals surface area contributed by atoms with Gasteiger partial charge in [0.15, 0.2) is 0 Å². The SMILES string of the molecule is CCCCOC(=O)Cc1c(N)n[nH]c1-c1ccc(Cl)cc1. The molecule has 0 bridgehead atoms. The van der Waals surface area contributed by atoms with Crippen LogP contribution in [0.3, 0.4) is 0 Å². The monoisotopic (exact) mass is 307 g/mol. The minimum atomic E-state index is -0.299. The number of carbonyl (C=O) groups excluding carboxylic acids is 1. The quantitative estimate of drug-likeness (QED) is 0.634. The Bertz CT molecular complexity index is 608. The number of unbranched alkanes of at least 4 members (excludes halogenated alkanes) is 1. The first-order valence-electron chi connectivity index (χ1n) is 6.86. The molecule has 1 aromatic carbocycles. The summed E-state index contributed by atoms with van der Waals surface area (Å²) in [5.41, 5.74) is 8.08. The van der Waals surface area contributed by atoms with Crippen molar-refractivity contribution in [1.82, 2.24) is 10.2 Å². The van der Waals surface area contributed by atoms with Crippen molar-refractivity contribution in [2.24, 2.45) is 0 Å². The normalized spacial score (nSPS) is 10.6. The summed E-state index contributed by atoms with van der Waals surface area (Å²) >= 11 is 5.87. The van der Waals surface area contributed by atoms with Crippen molar-refractivity contribution in [3.8, 4) is 11.3 Å². The largest absolute Gasteiger partial charge is 0.465 e. The summed E-state index contributed by atoms with van der Waals surface area (Å²) < 4.78 is 5.16. The lowest BCUT2D eigenvalue weighted by Crippen LogP contribution is -2.10. The van der Waals surface area contributed by atoms with Gasteiger partial charge >= 0.3 is 5.97 Å². The van der Waals surface area contributed by atoms with E-state index in [9.17, 15) is 4.79 Å². The number of rotatable bonds is 6. The van der Waals surface area contributed by atoms with Crippen molar-refractivity contribution in [3.05, 3.63) is 34.9 Å². The van der Waals surface area contributed by atoms with Crippen LogP contribution >= 0.6 is 11.6 Å². The Balaban J connectivity index is 2.14. The molecule has 0 aliphatic heterocycles. The van der Waals surface area contributed by atoms with Crippen LogP contribution in [0.4, 0.5) is 5.82 Å². The summed E-state index contributed by atoms with van der Waals surface area (Å²) in [4.78, 5) is 11.8. The topological polar surface area (TPSA) is 81.0 Å². The van der Waals surface area contributed by atoms with Crippen LogP contribution in [0.15, 0.2) is 24.3 Å². The minimum absolute atomic E-state index is 0.101. The van der Waals surface area contributed by atoms with E-state index in [0.717, 1.165) is 24.1 Å². The number of benzene rings is 1. The summed E-state index contributed by atoms with van der Waals surface area (Å²) in [6.45, 7) is 2.48. The minimum Gasteiger partial charge on any atom is -0.465 e. The molecule has 2 rings (SSSR count). The number of nitrogens with two attached hydrogens (primary N) is 1. The van der Waals surface area contributed by atoms with Gasteiger partial charge in [0.1, 0.15) is 5.82 Å². The number of H-pyrrole nitrogens is 1. The van der Waals surface area contributed by atoms with Gasteiger partial charge in [-0.1, -0.05) is 37.1 Å². The Hall–Kier alpha value is -2.01. The van der Waals surface area contributed by atoms with Gasteiger partial charge in [-0.15, -0.1) is 0 Å². The Morgan fingerprint density at radius 2 is 2.10 bits per heavy atom. The van der Waals surface area contributed by atoms with Crippen LogP contribution < -0.4 is 5.73 Å². The number of nitrogens with one attached hydrogen (secondary N) is 1. The van der Waals surface area contributed by atoms with Crippen molar-refractivity contribution in [2.45, 2.75) is 26.2 Å². The lowest BCUT2D eigenvalue weighted by atomic mass is 10.1. The van der Waals surface area contributed by atoms with Crippen LogP contribution in [0.1, 0.15) is 25.3 Å². The highest BCUT2D eigenvalue weighted by Crippen LogP contribution is 2.27. The van der Waals surface area contributed by atoms with Crippen LogP contribution in [-0.4, -0.2) is 22.8 Å². The third-order valence-electron chi connectivity index (χ3n) is 3.11. The fourth-order valence-corrected chi connectivity index (χ4v) is 2.07. The lowest BCUT2D eigenvalue weighted by Gasteiger charge is -2.06. The molecule has 6 heteroatoms. The summed E-state index contributed by atoms with van der Waals surface area (Å²) in [6.07, 6.45) is 1.94. The van der Waals surface area contributed by atoms with E-state index in [-0.39, 0.29) is 12.4 Å². The maximum absolute atomic E-state index is 11.8. The van der Waals surface area contributed by atoms with Gasteiger partial charge in [0.25, 0.3) is 0 Å². The van der Waals surface area contributed by atoms with Gasteiger partial charge < -0.3 is 10.5 Å². The first kappa shape index (κ1) is 15.4. The molecule has 2 aromatic rings. The maximum atomic E-state index is 11.8. The number of carbonyl (C=O) groups is 1. The van der Waals surface area contributed by atoms with E-state index in [1.54, 1.807) is 12.1 Å². The second kappa shape index (κ2) is 7.13. The number of hydrogen-bond donors (Lipinski definition) is 2. The molecular formula is C15H18ClN3O2. The van der Waals surface area contributed by atoms with Crippen molar-refractivity contribution >= 4 is 23.4 Å². The first-order chi connectivity index (χ1) is 10.1. The highest BCUT2D eigenvalue weighted by atomic mass is 35.5. The van der Waals surface area contributed by atoms with E-state index in [1.807, 2.05) is 19.1 Å². The van der Waals surface area contributed by atoms with Gasteiger partial charge in [0.2, 0.25) is 0 Å². The molecule has 3 N–H and O–H groups in total. The molecule has 0 aliphatic carbocycles. The number of anilines is 1. The number of hydrogen-bond acceptors (Lipinski definition) is 4. The van der Waals surface area contributed by atoms with Gasteiger partial charge in [0, 0.05) is 16.1 Å². The molecule has 112 valence electrons. The molecule has 0 radical (unpaired) electrons. The molecule has 1 heterocycles. The van der Waals surface area contributed by atoms with E-state index < -0.39 is 0 Å². The zero-order valence-electron chi connectivity index (χ0n) is 11.9. The predicted molar refractivity (Wildman–Crippen MR) is 83.0 cm³/mol. The highest BCUT2D eigenvalue weighted by Gasteiger charge is 2.16. The Morgan fingerprint density at radius 1 is 1.38 bits per heavy atom. The van der Waals surface area contributed by atoms with Crippen LogP contribution in [0.5, 0.6) is 0 Å². The Kier molecular flexibility index (Phi) is 5.22. The molecule has 0 saturated carbocycles. The molecule has 0 atom stereocenters. The standard InChI is InChI=1S/C15H18ClN3O2/c1-2-3-8-21-13(20)9-12-14(18-19-15(12)17)10-4-6-11(16)7-5-10/h4-7H,2-3,8-9H2,1H3,(H3,17,18,19). The second-order valence-electron chi connectivity index (χ2n) is 4.72. The third-order valence-corrected chi connectivity index (χ3v) is 3.37. The smallest absolute Gasteiger partial charge is 0.310 e. The van der Waals surface area contributed by atoms with Gasteiger partial charge in [-0.05, 0) is 18.6 Å². The number of ether oxygens (including phenoxy) is 1. The van der Waals surface area contributed by atoms with Gasteiger partial charge in [-0.2, -0.15) is 5.10 Å². The summed E-state index contributed by atoms with van der Waals surface area (Å²) in [5, 5.41) is 7.48. The van der Waals surface area contributed by atoms with Crippen molar-refractivity contribution in [2.75, 3.05) is 12.3 Å². The Morgan fingerprint density at radius 3 is 2.76 bits per heavy atom. The molecule has 5 nitrogen and oxygen atoms in total. The predicted octanol–water partition coefficient (Wildman–Crippen LogP) is 3.20. The number of esters is 1. The average molecular weight is 308 g/mol. The number of aromatic nitrogens is 2. The average Bonchev–Trinajstić information content (AvgIpc) is 2.82. The van der Waals surface area contributed by atoms with Crippen molar-refractivity contribution in [3.63, 3.8) is 0 Å². The molecule has 0 aliphatic rings. The van der Waals surface area contributed by atoms with Crippen LogP contribution in [0, 0.1) is 0 Å². The summed E-state index contributed by atoms with van der Waals surface area (Å²) in [5.74, 6) is 0.0131. The molecule has 1 aromatic heterocycles. The summed E-state index contributed by atoms with van der Waals surface area (Å²) in [6, 6.07) is 7.25. The number of nitrogen functional groups attached to an aromatic ring is 1. The van der Waals surface area contributed by atoms with Crippen molar-refractivity contribution < 1.29 is 9.53 Å². The molecule has 0 saturated heterocycles. The first-order valence-corrected chi connectivity index (χ1v) is 7.24. The number of nitrogens with zero attached hydrogens (tertiary/aromatic N) is 1. The fraction of sp³-hybridized carbons (Fsp3) is 0.333. The van der Waals surface area contributed by atoms with E-state index in [0.29, 0.717) is 23.0 Å². The fourth-order valence-electron chi connectivity index (χ4n) is 1.94. The zero-order chi connectivity index (χ0) is 15.2. The van der Waals surface area contributed by atoms with E-state index >= 15 is 0 Å². The van der Waals surface area contributed by atoms with E-state index in [4.69, 9.17) is 22.1 Å². The summed E-state index contributed by atoms with van der Waals surface area (Å²) in [7, 11) is 0. The maximum Gasteiger partial charge on any atom is 0.310 e. The number of aromatic amines is 1. The van der Waals surface area contributed by atoms with Crippen LogP contribution in [0.25, 0.3) is 11.3 Å². The highest BCUT2D eigenvalue weighted by molar-refractivity contribution is 6.30. The Labute approximate surface area is 128 Å². The van der Waals surface area contributed by atoms with Crippen LogP contribution in [0.2, 0.25) is 5.02 Å². The van der Waals surface area contributed by atoms with Gasteiger partial charge in [-0.25, -0.2) is 0 Å². The van der Waals surface area contributed by atoms with E-state index in [2.05, 4.69) is 10.2 Å². The lowest BCUT2D eigenvalue weighted by molar-refractivity contribution is -0.142. The number of halogens is 1. The third kappa shape index (κ3) is 3.98. The molecular weight excluding hydrogens is 290 g/mol. The van der Waals surface area contributed by atoms with Crippen LogP contribution in [-0.2, 0) is 16.0 Å². The second-order valence-corrected chi connectivity index (χ2v) is 5.16. The zero-order valence-corrected chi connectivity index (χ0v) is 12.6. The van der Waals surface area contributed by atoms with Gasteiger partial charge in [0.05, 0.1) is 18.7 Å². The molecule has 0 amide bonds. The molecule has 0 fully saturated rings. The molecule has 0 unspecified atom stereocenters. The molecule has 21 heavy (non-hydrogen) atoms. The molecule has 0 spiro atoms. The van der Waals surface area contributed by atoms with Crippen molar-refractivity contribution in [1.29, 1.82) is 0 Å². The van der Waals surface area contributed by atoms with Gasteiger partial charge in [-0.3, -0.25) is 9.89 Å². The van der Waals surface area contributed by atoms with E-state index in [1.165, 1.54) is 0 Å².